The number of carbonyl (C=O) groups excluding carboxylic acids is 1. The zero-order valence-electron chi connectivity index (χ0n) is 20.0. The Morgan fingerprint density at radius 1 is 1.00 bits per heavy atom. The Labute approximate surface area is 197 Å². The maximum atomic E-state index is 13.4. The van der Waals surface area contributed by atoms with Crippen molar-refractivity contribution < 1.29 is 9.53 Å². The van der Waals surface area contributed by atoms with E-state index >= 15 is 0 Å². The molecular formula is C26H28N4O4. The number of fused-ring (bicyclic) bond motifs is 1. The zero-order chi connectivity index (χ0) is 24.6. The number of hydrogen-bond donors (Lipinski definition) is 1. The summed E-state index contributed by atoms with van der Waals surface area (Å²) in [5, 5.41) is 3.12. The molecule has 2 aromatic carbocycles. The van der Waals surface area contributed by atoms with Gasteiger partial charge in [0.2, 0.25) is 0 Å². The largest absolute Gasteiger partial charge is 0.457 e. The lowest BCUT2D eigenvalue weighted by Crippen LogP contribution is -2.43. The number of aromatic nitrogens is 2. The summed E-state index contributed by atoms with van der Waals surface area (Å²) in [5.74, 6) is -0.828. The van der Waals surface area contributed by atoms with Crippen LogP contribution in [0.15, 0.2) is 75.5 Å². The molecule has 1 atom stereocenters. The number of carbonyl (C=O) groups is 1. The highest BCUT2D eigenvalue weighted by atomic mass is 16.5. The van der Waals surface area contributed by atoms with Crippen molar-refractivity contribution in [2.45, 2.75) is 19.4 Å². The van der Waals surface area contributed by atoms with Crippen LogP contribution in [0, 0.1) is 0 Å². The Bertz CT molecular complexity index is 1380. The van der Waals surface area contributed by atoms with Gasteiger partial charge in [0.1, 0.15) is 12.4 Å². The van der Waals surface area contributed by atoms with Crippen LogP contribution in [-0.4, -0.2) is 29.2 Å². The van der Waals surface area contributed by atoms with Gasteiger partial charge in [-0.3, -0.25) is 13.9 Å². The van der Waals surface area contributed by atoms with E-state index in [0.717, 1.165) is 21.4 Å². The van der Waals surface area contributed by atoms with Crippen molar-refractivity contribution in [1.82, 2.24) is 9.13 Å². The van der Waals surface area contributed by atoms with E-state index in [-0.39, 0.29) is 6.61 Å². The standard InChI is InChI=1S/C26H28N4O4/c1-16-20(25(32)34-15-17-9-7-6-8-10-17)21(18-11-13-19(14-12-18)28(2)3)22-23(27-16)29(4)26(33)30(5)24(22)31/h6-14,21,27H,15H2,1-5H3. The first kappa shape index (κ1) is 23.1. The molecule has 0 saturated carbocycles. The number of nitrogens with one attached hydrogen (secondary N) is 1. The Morgan fingerprint density at radius 2 is 1.65 bits per heavy atom. The van der Waals surface area contributed by atoms with Crippen LogP contribution in [0.25, 0.3) is 0 Å². The quantitative estimate of drug-likeness (QED) is 0.590. The van der Waals surface area contributed by atoms with Crippen LogP contribution in [0.4, 0.5) is 11.5 Å². The van der Waals surface area contributed by atoms with Crippen LogP contribution in [0.3, 0.4) is 0 Å². The average molecular weight is 461 g/mol. The normalized spacial score (nSPS) is 14.9. The second-order valence-electron chi connectivity index (χ2n) is 8.61. The van der Waals surface area contributed by atoms with E-state index in [1.165, 1.54) is 11.6 Å². The number of anilines is 2. The summed E-state index contributed by atoms with van der Waals surface area (Å²) in [6.45, 7) is 1.87. The van der Waals surface area contributed by atoms with Crippen LogP contribution in [0.2, 0.25) is 0 Å². The minimum atomic E-state index is -0.693. The lowest BCUT2D eigenvalue weighted by Gasteiger charge is -2.31. The van der Waals surface area contributed by atoms with E-state index in [0.29, 0.717) is 22.7 Å². The van der Waals surface area contributed by atoms with Crippen LogP contribution in [0.1, 0.15) is 29.5 Å². The van der Waals surface area contributed by atoms with Gasteiger partial charge in [0.15, 0.2) is 0 Å². The fourth-order valence-corrected chi connectivity index (χ4v) is 4.26. The summed E-state index contributed by atoms with van der Waals surface area (Å²) in [4.78, 5) is 41.3. The Hall–Kier alpha value is -4.07. The molecule has 2 heterocycles. The molecule has 34 heavy (non-hydrogen) atoms. The van der Waals surface area contributed by atoms with Crippen molar-refractivity contribution in [3.8, 4) is 0 Å². The fraction of sp³-hybridized carbons (Fsp3) is 0.269. The van der Waals surface area contributed by atoms with E-state index in [4.69, 9.17) is 4.74 Å². The third kappa shape index (κ3) is 4.03. The maximum absolute atomic E-state index is 13.4. The summed E-state index contributed by atoms with van der Waals surface area (Å²) in [6.07, 6.45) is 0. The smallest absolute Gasteiger partial charge is 0.337 e. The molecule has 0 bridgehead atoms. The second kappa shape index (κ2) is 9.05. The number of hydrogen-bond acceptors (Lipinski definition) is 6. The molecule has 3 aromatic rings. The van der Waals surface area contributed by atoms with Crippen molar-refractivity contribution in [3.05, 3.63) is 103 Å². The van der Waals surface area contributed by atoms with E-state index in [9.17, 15) is 14.4 Å². The first-order chi connectivity index (χ1) is 16.2. The average Bonchev–Trinajstić information content (AvgIpc) is 2.84. The summed E-state index contributed by atoms with van der Waals surface area (Å²) >= 11 is 0. The van der Waals surface area contributed by atoms with Gasteiger partial charge < -0.3 is 15.0 Å². The van der Waals surface area contributed by atoms with E-state index in [1.807, 2.05) is 73.6 Å². The molecule has 1 N–H and O–H groups in total. The number of allylic oxidation sites excluding steroid dienone is 1. The lowest BCUT2D eigenvalue weighted by molar-refractivity contribution is -0.140. The summed E-state index contributed by atoms with van der Waals surface area (Å²) < 4.78 is 8.13. The van der Waals surface area contributed by atoms with Gasteiger partial charge in [-0.15, -0.1) is 0 Å². The molecule has 0 fully saturated rings. The van der Waals surface area contributed by atoms with Crippen molar-refractivity contribution in [2.24, 2.45) is 14.1 Å². The minimum absolute atomic E-state index is 0.112. The van der Waals surface area contributed by atoms with E-state index in [2.05, 4.69) is 5.32 Å². The lowest BCUT2D eigenvalue weighted by atomic mass is 9.82. The predicted molar refractivity (Wildman–Crippen MR) is 132 cm³/mol. The van der Waals surface area contributed by atoms with Crippen LogP contribution < -0.4 is 21.5 Å². The first-order valence-corrected chi connectivity index (χ1v) is 11.0. The van der Waals surface area contributed by atoms with E-state index in [1.54, 1.807) is 14.0 Å². The molecule has 0 saturated heterocycles. The third-order valence-corrected chi connectivity index (χ3v) is 6.16. The minimum Gasteiger partial charge on any atom is -0.457 e. The van der Waals surface area contributed by atoms with Gasteiger partial charge >= 0.3 is 11.7 Å². The molecule has 1 aliphatic rings. The fourth-order valence-electron chi connectivity index (χ4n) is 4.26. The molecule has 1 aliphatic heterocycles. The van der Waals surface area contributed by atoms with Gasteiger partial charge in [0.05, 0.1) is 17.1 Å². The Balaban J connectivity index is 1.85. The van der Waals surface area contributed by atoms with Gasteiger partial charge in [0, 0.05) is 39.6 Å². The number of esters is 1. The van der Waals surface area contributed by atoms with Gasteiger partial charge in [-0.05, 0) is 30.2 Å². The van der Waals surface area contributed by atoms with Crippen molar-refractivity contribution >= 4 is 17.5 Å². The molecule has 0 radical (unpaired) electrons. The molecule has 1 unspecified atom stereocenters. The number of nitrogens with zero attached hydrogens (tertiary/aromatic N) is 3. The van der Waals surface area contributed by atoms with Crippen LogP contribution in [0.5, 0.6) is 0 Å². The number of benzene rings is 2. The highest BCUT2D eigenvalue weighted by Crippen LogP contribution is 2.40. The molecule has 4 rings (SSSR count). The third-order valence-electron chi connectivity index (χ3n) is 6.16. The topological polar surface area (TPSA) is 85.6 Å². The van der Waals surface area contributed by atoms with Gasteiger partial charge in [0.25, 0.3) is 5.56 Å². The zero-order valence-corrected chi connectivity index (χ0v) is 20.0. The molecule has 8 nitrogen and oxygen atoms in total. The SMILES string of the molecule is CC1=C(C(=O)OCc2ccccc2)C(c2ccc(N(C)C)cc2)c2c(n(C)c(=O)n(C)c2=O)N1. The van der Waals surface area contributed by atoms with Crippen molar-refractivity contribution in [2.75, 3.05) is 24.3 Å². The summed E-state index contributed by atoms with van der Waals surface area (Å²) in [5.41, 5.74) is 2.93. The predicted octanol–water partition coefficient (Wildman–Crippen LogP) is 2.72. The maximum Gasteiger partial charge on any atom is 0.337 e. The van der Waals surface area contributed by atoms with Gasteiger partial charge in [-0.2, -0.15) is 0 Å². The Kier molecular flexibility index (Phi) is 6.15. The number of rotatable bonds is 5. The molecule has 0 amide bonds. The molecule has 0 spiro atoms. The molecule has 1 aromatic heterocycles. The first-order valence-electron chi connectivity index (χ1n) is 11.0. The molecule has 8 heteroatoms. The van der Waals surface area contributed by atoms with Crippen molar-refractivity contribution in [3.63, 3.8) is 0 Å². The van der Waals surface area contributed by atoms with Crippen LogP contribution in [-0.2, 0) is 30.2 Å². The number of ether oxygens (including phenoxy) is 1. The summed E-state index contributed by atoms with van der Waals surface area (Å²) in [7, 11) is 6.93. The van der Waals surface area contributed by atoms with Crippen molar-refractivity contribution in [1.29, 1.82) is 0 Å². The molecule has 0 aliphatic carbocycles. The Morgan fingerprint density at radius 3 is 2.26 bits per heavy atom. The van der Waals surface area contributed by atoms with Gasteiger partial charge in [-0.25, -0.2) is 9.59 Å². The van der Waals surface area contributed by atoms with Crippen LogP contribution >= 0.6 is 0 Å². The second-order valence-corrected chi connectivity index (χ2v) is 8.61. The molecular weight excluding hydrogens is 432 g/mol. The highest BCUT2D eigenvalue weighted by Gasteiger charge is 2.37. The van der Waals surface area contributed by atoms with E-state index < -0.39 is 23.1 Å². The monoisotopic (exact) mass is 460 g/mol. The van der Waals surface area contributed by atoms with Gasteiger partial charge in [-0.1, -0.05) is 42.5 Å². The summed E-state index contributed by atoms with van der Waals surface area (Å²) in [6, 6.07) is 17.1. The molecule has 176 valence electrons. The highest BCUT2D eigenvalue weighted by molar-refractivity contribution is 5.94.